The summed E-state index contributed by atoms with van der Waals surface area (Å²) in [6.45, 7) is 19.1. The molecule has 0 unspecified atom stereocenters. The second-order valence-electron chi connectivity index (χ2n) is 9.32. The Kier molecular flexibility index (Phi) is 4.93. The SMILES string of the molecule is CC1(C)OB(c2cc(C#N)ccc2O[Si](C)(C)C(C)(C)C)OC1(C)C. The molecule has 0 N–H and O–H groups in total. The second-order valence-corrected chi connectivity index (χ2v) is 14.0. The Hall–Kier alpha value is -1.29. The molecule has 136 valence electrons. The molecule has 1 heterocycles. The van der Waals surface area contributed by atoms with Crippen molar-refractivity contribution in [1.82, 2.24) is 0 Å². The quantitative estimate of drug-likeness (QED) is 0.758. The van der Waals surface area contributed by atoms with Gasteiger partial charge in [-0.05, 0) is 64.0 Å². The predicted octanol–water partition coefficient (Wildman–Crippen LogP) is 4.24. The zero-order valence-corrected chi connectivity index (χ0v) is 18.0. The van der Waals surface area contributed by atoms with Crippen molar-refractivity contribution in [2.45, 2.75) is 77.8 Å². The maximum Gasteiger partial charge on any atom is 0.498 e. The Morgan fingerprint density at radius 1 is 1.08 bits per heavy atom. The van der Waals surface area contributed by atoms with Crippen LogP contribution in [0.15, 0.2) is 18.2 Å². The first-order chi connectivity index (χ1) is 11.2. The van der Waals surface area contributed by atoms with Crippen molar-refractivity contribution in [2.75, 3.05) is 0 Å². The van der Waals surface area contributed by atoms with E-state index in [1.165, 1.54) is 0 Å². The topological polar surface area (TPSA) is 51.5 Å². The summed E-state index contributed by atoms with van der Waals surface area (Å²) in [4.78, 5) is 0. The molecule has 0 saturated carbocycles. The van der Waals surface area contributed by atoms with Crippen LogP contribution in [0.4, 0.5) is 0 Å². The van der Waals surface area contributed by atoms with Crippen LogP contribution < -0.4 is 9.89 Å². The van der Waals surface area contributed by atoms with Gasteiger partial charge in [0, 0.05) is 5.46 Å². The minimum absolute atomic E-state index is 0.0775. The molecule has 1 aliphatic rings. The van der Waals surface area contributed by atoms with Crippen LogP contribution in [0, 0.1) is 11.3 Å². The molecule has 0 amide bonds. The van der Waals surface area contributed by atoms with Crippen molar-refractivity contribution in [3.8, 4) is 11.8 Å². The first-order valence-corrected chi connectivity index (χ1v) is 11.7. The lowest BCUT2D eigenvalue weighted by Gasteiger charge is -2.37. The van der Waals surface area contributed by atoms with Crippen LogP contribution in [0.1, 0.15) is 54.0 Å². The van der Waals surface area contributed by atoms with Crippen molar-refractivity contribution < 1.29 is 13.7 Å². The summed E-state index contributed by atoms with van der Waals surface area (Å²) in [5, 5.41) is 9.38. The van der Waals surface area contributed by atoms with Crippen LogP contribution in [-0.2, 0) is 9.31 Å². The average molecular weight is 359 g/mol. The highest BCUT2D eigenvalue weighted by atomic mass is 28.4. The molecule has 1 aromatic rings. The number of hydrogen-bond donors (Lipinski definition) is 0. The van der Waals surface area contributed by atoms with Crippen LogP contribution in [0.5, 0.6) is 5.75 Å². The summed E-state index contributed by atoms with van der Waals surface area (Å²) in [5.41, 5.74) is 0.498. The first-order valence-electron chi connectivity index (χ1n) is 8.79. The van der Waals surface area contributed by atoms with E-state index in [9.17, 15) is 5.26 Å². The predicted molar refractivity (Wildman–Crippen MR) is 105 cm³/mol. The van der Waals surface area contributed by atoms with Gasteiger partial charge in [-0.25, -0.2) is 0 Å². The lowest BCUT2D eigenvalue weighted by atomic mass is 9.77. The Balaban J connectivity index is 2.46. The molecule has 0 aliphatic carbocycles. The van der Waals surface area contributed by atoms with Crippen LogP contribution >= 0.6 is 0 Å². The molecule has 2 rings (SSSR count). The Morgan fingerprint density at radius 2 is 1.60 bits per heavy atom. The largest absolute Gasteiger partial charge is 0.544 e. The van der Waals surface area contributed by atoms with E-state index < -0.39 is 26.6 Å². The van der Waals surface area contributed by atoms with Gasteiger partial charge in [0.2, 0.25) is 8.32 Å². The van der Waals surface area contributed by atoms with Crippen molar-refractivity contribution in [3.63, 3.8) is 0 Å². The highest BCUT2D eigenvalue weighted by Crippen LogP contribution is 2.39. The van der Waals surface area contributed by atoms with E-state index in [1.807, 2.05) is 39.8 Å². The normalized spacial score (nSPS) is 19.6. The lowest BCUT2D eigenvalue weighted by Crippen LogP contribution is -2.46. The van der Waals surface area contributed by atoms with Crippen LogP contribution in [-0.4, -0.2) is 26.6 Å². The van der Waals surface area contributed by atoms with E-state index in [-0.39, 0.29) is 5.04 Å². The second kappa shape index (κ2) is 6.15. The number of hydrogen-bond acceptors (Lipinski definition) is 4. The summed E-state index contributed by atoms with van der Waals surface area (Å²) in [7, 11) is -2.56. The zero-order valence-electron chi connectivity index (χ0n) is 17.0. The van der Waals surface area contributed by atoms with E-state index in [4.69, 9.17) is 13.7 Å². The molecule has 1 fully saturated rings. The lowest BCUT2D eigenvalue weighted by molar-refractivity contribution is 0.00578. The highest BCUT2D eigenvalue weighted by molar-refractivity contribution is 6.75. The minimum atomic E-state index is -2.02. The molecule has 1 aromatic carbocycles. The summed E-state index contributed by atoms with van der Waals surface area (Å²) in [6, 6.07) is 7.68. The molecular formula is C19H30BNO3Si. The fraction of sp³-hybridized carbons (Fsp3) is 0.632. The van der Waals surface area contributed by atoms with E-state index in [1.54, 1.807) is 6.07 Å². The van der Waals surface area contributed by atoms with Gasteiger partial charge >= 0.3 is 7.12 Å². The molecule has 0 radical (unpaired) electrons. The van der Waals surface area contributed by atoms with E-state index in [0.717, 1.165) is 11.2 Å². The number of rotatable bonds is 3. The Morgan fingerprint density at radius 3 is 2.04 bits per heavy atom. The van der Waals surface area contributed by atoms with Gasteiger partial charge in [-0.3, -0.25) is 0 Å². The molecular weight excluding hydrogens is 329 g/mol. The molecule has 1 saturated heterocycles. The van der Waals surface area contributed by atoms with E-state index in [0.29, 0.717) is 5.56 Å². The number of nitriles is 1. The van der Waals surface area contributed by atoms with Gasteiger partial charge in [-0.1, -0.05) is 20.8 Å². The van der Waals surface area contributed by atoms with E-state index >= 15 is 0 Å². The van der Waals surface area contributed by atoms with Crippen molar-refractivity contribution >= 4 is 20.9 Å². The number of nitrogens with zero attached hydrogens (tertiary/aromatic N) is 1. The van der Waals surface area contributed by atoms with Crippen molar-refractivity contribution in [2.24, 2.45) is 0 Å². The summed E-state index contributed by atoms with van der Waals surface area (Å²) >= 11 is 0. The van der Waals surface area contributed by atoms with Crippen molar-refractivity contribution in [3.05, 3.63) is 23.8 Å². The summed E-state index contributed by atoms with van der Waals surface area (Å²) in [6.07, 6.45) is 0. The zero-order chi connectivity index (χ0) is 19.3. The third-order valence-corrected chi connectivity index (χ3v) is 10.2. The molecule has 4 nitrogen and oxygen atoms in total. The van der Waals surface area contributed by atoms with Crippen LogP contribution in [0.2, 0.25) is 18.1 Å². The monoisotopic (exact) mass is 359 g/mol. The Labute approximate surface area is 153 Å². The first kappa shape index (κ1) is 20.0. The van der Waals surface area contributed by atoms with Gasteiger partial charge in [0.05, 0.1) is 22.8 Å². The van der Waals surface area contributed by atoms with Crippen LogP contribution in [0.25, 0.3) is 0 Å². The van der Waals surface area contributed by atoms with Gasteiger partial charge in [0.25, 0.3) is 0 Å². The minimum Gasteiger partial charge on any atom is -0.544 e. The number of benzene rings is 1. The van der Waals surface area contributed by atoms with Gasteiger partial charge in [0.1, 0.15) is 5.75 Å². The fourth-order valence-corrected chi connectivity index (χ4v) is 3.34. The van der Waals surface area contributed by atoms with Crippen LogP contribution in [0.3, 0.4) is 0 Å². The summed E-state index contributed by atoms with van der Waals surface area (Å²) < 4.78 is 18.9. The maximum atomic E-state index is 9.30. The standard InChI is InChI=1S/C19H30BNO3Si/c1-17(2,3)25(8,9)22-16-11-10-14(13-21)12-15(16)20-23-18(4,5)19(6,7)24-20/h10-12H,1-9H3. The van der Waals surface area contributed by atoms with Gasteiger partial charge in [-0.15, -0.1) is 0 Å². The van der Waals surface area contributed by atoms with E-state index in [2.05, 4.69) is 39.9 Å². The highest BCUT2D eigenvalue weighted by Gasteiger charge is 2.53. The molecule has 0 aromatic heterocycles. The molecule has 25 heavy (non-hydrogen) atoms. The van der Waals surface area contributed by atoms with Crippen molar-refractivity contribution in [1.29, 1.82) is 5.26 Å². The molecule has 0 atom stereocenters. The third kappa shape index (κ3) is 3.79. The maximum absolute atomic E-state index is 9.30. The van der Waals surface area contributed by atoms with Gasteiger partial charge in [0.15, 0.2) is 0 Å². The Bertz CT molecular complexity index is 686. The molecule has 6 heteroatoms. The third-order valence-electron chi connectivity index (χ3n) is 5.82. The fourth-order valence-electron chi connectivity index (χ4n) is 2.29. The van der Waals surface area contributed by atoms with Gasteiger partial charge in [-0.2, -0.15) is 5.26 Å². The smallest absolute Gasteiger partial charge is 0.498 e. The molecule has 0 spiro atoms. The van der Waals surface area contributed by atoms with Gasteiger partial charge < -0.3 is 13.7 Å². The average Bonchev–Trinajstić information content (AvgIpc) is 2.66. The summed E-state index contributed by atoms with van der Waals surface area (Å²) in [5.74, 6) is 0.754. The molecule has 1 aliphatic heterocycles. The molecule has 0 bridgehead atoms.